The maximum Gasteiger partial charge on any atom is 0.309 e. The van der Waals surface area contributed by atoms with Gasteiger partial charge in [0.2, 0.25) is 0 Å². The number of ketones is 1. The highest BCUT2D eigenvalue weighted by atomic mass is 127. The van der Waals surface area contributed by atoms with E-state index in [-0.39, 0.29) is 54.9 Å². The average Bonchev–Trinajstić information content (AvgIpc) is 2.79. The van der Waals surface area contributed by atoms with Crippen LogP contribution in [-0.2, 0) is 23.8 Å². The molecule has 0 spiro atoms. The zero-order chi connectivity index (χ0) is 26.0. The van der Waals surface area contributed by atoms with Crippen molar-refractivity contribution in [2.75, 3.05) is 13.2 Å². The smallest absolute Gasteiger partial charge is 0.309 e. The lowest BCUT2D eigenvalue weighted by Crippen LogP contribution is -2.32. The van der Waals surface area contributed by atoms with Crippen molar-refractivity contribution in [1.82, 2.24) is 0 Å². The van der Waals surface area contributed by atoms with Gasteiger partial charge >= 0.3 is 5.97 Å². The first-order valence-corrected chi connectivity index (χ1v) is 14.1. The molecule has 0 aromatic carbocycles. The van der Waals surface area contributed by atoms with Crippen LogP contribution < -0.4 is 0 Å². The van der Waals surface area contributed by atoms with Gasteiger partial charge in [0.25, 0.3) is 0 Å². The fraction of sp³-hybridized carbons (Fsp3) is 0.778. The summed E-state index contributed by atoms with van der Waals surface area (Å²) in [6, 6.07) is 0. The predicted molar refractivity (Wildman–Crippen MR) is 143 cm³/mol. The molecule has 0 bridgehead atoms. The summed E-state index contributed by atoms with van der Waals surface area (Å²) >= 11 is 2.09. The summed E-state index contributed by atoms with van der Waals surface area (Å²) in [7, 11) is 0. The SMILES string of the molecule is CC1=CC(COC2CCCC(C)O2)[C@@H](I)OC(=O)C[C@@H](O)[C@H](C)C[C@@H](CCO)C[C@@H](C)C(=O)C=C1. The number of aliphatic hydroxyl groups excluding tert-OH is 2. The van der Waals surface area contributed by atoms with E-state index in [2.05, 4.69) is 22.6 Å². The predicted octanol–water partition coefficient (Wildman–Crippen LogP) is 4.73. The van der Waals surface area contributed by atoms with Crippen molar-refractivity contribution >= 4 is 34.3 Å². The van der Waals surface area contributed by atoms with Gasteiger partial charge in [-0.1, -0.05) is 31.6 Å². The molecule has 0 saturated carbocycles. The molecule has 8 atom stereocenters. The quantitative estimate of drug-likeness (QED) is 0.265. The highest BCUT2D eigenvalue weighted by Gasteiger charge is 2.28. The number of alkyl halides is 1. The normalized spacial score (nSPS) is 36.5. The molecule has 2 aliphatic heterocycles. The van der Waals surface area contributed by atoms with Crippen molar-refractivity contribution in [2.24, 2.45) is 23.7 Å². The second kappa shape index (κ2) is 15.4. The summed E-state index contributed by atoms with van der Waals surface area (Å²) in [5, 5.41) is 20.1. The third-order valence-electron chi connectivity index (χ3n) is 6.92. The lowest BCUT2D eigenvalue weighted by Gasteiger charge is -2.30. The number of rotatable bonds is 5. The first-order valence-electron chi connectivity index (χ1n) is 12.9. The molecule has 0 radical (unpaired) electrons. The van der Waals surface area contributed by atoms with Gasteiger partial charge in [0, 0.05) is 18.4 Å². The summed E-state index contributed by atoms with van der Waals surface area (Å²) in [5.41, 5.74) is 0.877. The lowest BCUT2D eigenvalue weighted by atomic mass is 9.82. The van der Waals surface area contributed by atoms with Crippen molar-refractivity contribution in [2.45, 2.75) is 95.2 Å². The molecule has 0 aromatic heterocycles. The minimum absolute atomic E-state index is 0.0267. The number of hydrogen-bond acceptors (Lipinski definition) is 7. The molecule has 35 heavy (non-hydrogen) atoms. The van der Waals surface area contributed by atoms with Crippen LogP contribution in [0.4, 0.5) is 0 Å². The lowest BCUT2D eigenvalue weighted by molar-refractivity contribution is -0.195. The third-order valence-corrected chi connectivity index (χ3v) is 8.10. The van der Waals surface area contributed by atoms with Crippen LogP contribution in [-0.4, -0.2) is 57.8 Å². The fourth-order valence-corrected chi connectivity index (χ4v) is 5.42. The number of hydrogen-bond donors (Lipinski definition) is 2. The highest BCUT2D eigenvalue weighted by Crippen LogP contribution is 2.28. The molecule has 2 rings (SSSR count). The highest BCUT2D eigenvalue weighted by molar-refractivity contribution is 14.1. The molecular formula is C27H43IO7. The first-order chi connectivity index (χ1) is 16.6. The van der Waals surface area contributed by atoms with Gasteiger partial charge in [0.15, 0.2) is 16.2 Å². The van der Waals surface area contributed by atoms with E-state index in [0.717, 1.165) is 24.8 Å². The second-order valence-electron chi connectivity index (χ2n) is 10.3. The van der Waals surface area contributed by atoms with E-state index >= 15 is 0 Å². The van der Waals surface area contributed by atoms with Crippen LogP contribution in [0.15, 0.2) is 23.8 Å². The van der Waals surface area contributed by atoms with Gasteiger partial charge < -0.3 is 24.4 Å². The molecule has 0 aliphatic carbocycles. The Morgan fingerprint density at radius 2 is 1.89 bits per heavy atom. The van der Waals surface area contributed by atoms with Gasteiger partial charge in [-0.2, -0.15) is 0 Å². The maximum absolute atomic E-state index is 12.8. The van der Waals surface area contributed by atoms with Gasteiger partial charge in [-0.15, -0.1) is 0 Å². The molecule has 2 heterocycles. The van der Waals surface area contributed by atoms with Crippen LogP contribution in [0.3, 0.4) is 0 Å². The summed E-state index contributed by atoms with van der Waals surface area (Å²) in [6.07, 6.45) is 9.01. The number of esters is 1. The van der Waals surface area contributed by atoms with Gasteiger partial charge in [0.1, 0.15) is 0 Å². The number of ether oxygens (including phenoxy) is 3. The molecule has 8 heteroatoms. The summed E-state index contributed by atoms with van der Waals surface area (Å²) < 4.78 is 17.1. The van der Waals surface area contributed by atoms with Crippen LogP contribution >= 0.6 is 22.6 Å². The minimum Gasteiger partial charge on any atom is -0.451 e. The Bertz CT molecular complexity index is 737. The third kappa shape index (κ3) is 11.0. The van der Waals surface area contributed by atoms with E-state index in [4.69, 9.17) is 14.2 Å². The molecule has 0 aromatic rings. The van der Waals surface area contributed by atoms with E-state index in [1.807, 2.05) is 33.8 Å². The Morgan fingerprint density at radius 3 is 2.57 bits per heavy atom. The summed E-state index contributed by atoms with van der Waals surface area (Å²) in [4.78, 5) is 25.4. The monoisotopic (exact) mass is 606 g/mol. The zero-order valence-electron chi connectivity index (χ0n) is 21.5. The molecule has 2 N–H and O–H groups in total. The van der Waals surface area contributed by atoms with E-state index in [9.17, 15) is 19.8 Å². The minimum atomic E-state index is -0.852. The molecular weight excluding hydrogens is 563 g/mol. The largest absolute Gasteiger partial charge is 0.451 e. The zero-order valence-corrected chi connectivity index (χ0v) is 23.7. The molecule has 7 nitrogen and oxygen atoms in total. The van der Waals surface area contributed by atoms with Crippen molar-refractivity contribution in [3.63, 3.8) is 0 Å². The molecule has 2 aliphatic rings. The van der Waals surface area contributed by atoms with Crippen LogP contribution in [0, 0.1) is 23.7 Å². The number of allylic oxidation sites excluding steroid dienone is 3. The Kier molecular flexibility index (Phi) is 13.4. The van der Waals surface area contributed by atoms with Crippen molar-refractivity contribution in [3.05, 3.63) is 23.8 Å². The fourth-order valence-electron chi connectivity index (χ4n) is 4.73. The van der Waals surface area contributed by atoms with Crippen molar-refractivity contribution in [3.8, 4) is 0 Å². The van der Waals surface area contributed by atoms with Gasteiger partial charge in [-0.05, 0) is 92.9 Å². The Labute approximate surface area is 223 Å². The molecule has 3 unspecified atom stereocenters. The Morgan fingerprint density at radius 1 is 1.14 bits per heavy atom. The van der Waals surface area contributed by atoms with Gasteiger partial charge in [-0.25, -0.2) is 0 Å². The number of carbonyl (C=O) groups excluding carboxylic acids is 2. The first kappa shape index (κ1) is 30.4. The molecule has 1 fully saturated rings. The number of carbonyl (C=O) groups is 2. The van der Waals surface area contributed by atoms with Crippen LogP contribution in [0.1, 0.15) is 72.6 Å². The standard InChI is InChI=1S/C27H43IO7/c1-17-8-9-23(30)18(2)13-21(10-11-29)14-19(3)24(31)15-25(32)35-27(28)22(12-17)16-33-26-7-5-6-20(4)34-26/h8-9,12,18-22,24,26-27,29,31H,5-7,10-11,13-16H2,1-4H3/t18-,19-,20?,21+,22?,24-,26?,27+/m1/s1. The average molecular weight is 607 g/mol. The maximum atomic E-state index is 12.8. The van der Waals surface area contributed by atoms with E-state index in [0.29, 0.717) is 25.9 Å². The van der Waals surface area contributed by atoms with E-state index < -0.39 is 16.2 Å². The van der Waals surface area contributed by atoms with E-state index in [1.54, 1.807) is 12.2 Å². The Balaban J connectivity index is 2.21. The molecule has 0 amide bonds. The van der Waals surface area contributed by atoms with Gasteiger partial charge in [-0.3, -0.25) is 9.59 Å². The van der Waals surface area contributed by atoms with Crippen LogP contribution in [0.5, 0.6) is 0 Å². The number of cyclic esters (lactones) is 1. The van der Waals surface area contributed by atoms with E-state index in [1.165, 1.54) is 0 Å². The summed E-state index contributed by atoms with van der Waals surface area (Å²) in [5.74, 6) is -0.929. The second-order valence-corrected chi connectivity index (χ2v) is 11.5. The number of halogens is 1. The molecule has 200 valence electrons. The summed E-state index contributed by atoms with van der Waals surface area (Å²) in [6.45, 7) is 8.09. The Hall–Kier alpha value is -0.810. The van der Waals surface area contributed by atoms with Crippen molar-refractivity contribution in [1.29, 1.82) is 0 Å². The molecule has 1 saturated heterocycles. The van der Waals surface area contributed by atoms with Crippen LogP contribution in [0.2, 0.25) is 0 Å². The van der Waals surface area contributed by atoms with Gasteiger partial charge in [0.05, 0.1) is 25.2 Å². The number of aliphatic hydroxyl groups is 2. The topological polar surface area (TPSA) is 102 Å². The van der Waals surface area contributed by atoms with Crippen molar-refractivity contribution < 1.29 is 34.0 Å². The van der Waals surface area contributed by atoms with Crippen LogP contribution in [0.25, 0.3) is 0 Å².